The van der Waals surface area contributed by atoms with Gasteiger partial charge in [-0.25, -0.2) is 15.0 Å². The van der Waals surface area contributed by atoms with Crippen molar-refractivity contribution in [2.75, 3.05) is 0 Å². The maximum Gasteiger partial charge on any atom is 0.158 e. The van der Waals surface area contributed by atoms with Gasteiger partial charge in [-0.05, 0) is 0 Å². The summed E-state index contributed by atoms with van der Waals surface area (Å²) in [6.45, 7) is 7.04. The molecule has 0 spiro atoms. The van der Waals surface area contributed by atoms with Crippen LogP contribution in [0.1, 0.15) is 0 Å². The molecule has 1 rings (SSSR count). The predicted molar refractivity (Wildman–Crippen MR) is 46.9 cm³/mol. The van der Waals surface area contributed by atoms with Crippen LogP contribution in [0, 0.1) is 0 Å². The molecule has 0 aliphatic carbocycles. The summed E-state index contributed by atoms with van der Waals surface area (Å²) in [5.41, 5.74) is 0.612. The quantitative estimate of drug-likeness (QED) is 0.455. The third-order valence-corrected chi connectivity index (χ3v) is 1.05. The SMILES string of the molecule is C=C/N=C\N=C1\NC=NC1=C. The lowest BCUT2D eigenvalue weighted by molar-refractivity contribution is 1.43. The highest BCUT2D eigenvalue weighted by Crippen LogP contribution is 1.97. The summed E-state index contributed by atoms with van der Waals surface area (Å²) >= 11 is 0. The molecule has 0 bridgehead atoms. The highest BCUT2D eigenvalue weighted by atomic mass is 15.1. The smallest absolute Gasteiger partial charge is 0.158 e. The van der Waals surface area contributed by atoms with Gasteiger partial charge in [-0.2, -0.15) is 0 Å². The molecule has 0 aromatic heterocycles. The normalized spacial score (nSPS) is 19.6. The summed E-state index contributed by atoms with van der Waals surface area (Å²) < 4.78 is 0. The highest BCUT2D eigenvalue weighted by molar-refractivity contribution is 6.10. The van der Waals surface area contributed by atoms with Gasteiger partial charge in [-0.1, -0.05) is 13.2 Å². The molecule has 11 heavy (non-hydrogen) atoms. The van der Waals surface area contributed by atoms with Crippen LogP contribution in [0.3, 0.4) is 0 Å². The van der Waals surface area contributed by atoms with Crippen molar-refractivity contribution in [3.63, 3.8) is 0 Å². The largest absolute Gasteiger partial charge is 0.329 e. The molecule has 0 aromatic rings. The lowest BCUT2D eigenvalue weighted by atomic mass is 10.5. The van der Waals surface area contributed by atoms with Gasteiger partial charge in [0.05, 0.1) is 6.34 Å². The van der Waals surface area contributed by atoms with Gasteiger partial charge >= 0.3 is 0 Å². The molecule has 4 nitrogen and oxygen atoms in total. The van der Waals surface area contributed by atoms with E-state index in [1.165, 1.54) is 18.9 Å². The van der Waals surface area contributed by atoms with E-state index in [2.05, 4.69) is 33.5 Å². The topological polar surface area (TPSA) is 49.1 Å². The number of nitrogens with one attached hydrogen (secondary N) is 1. The van der Waals surface area contributed by atoms with Crippen molar-refractivity contribution in [1.82, 2.24) is 5.32 Å². The minimum absolute atomic E-state index is 0.612. The van der Waals surface area contributed by atoms with E-state index in [1.54, 1.807) is 0 Å². The van der Waals surface area contributed by atoms with Gasteiger partial charge in [0.25, 0.3) is 0 Å². The van der Waals surface area contributed by atoms with E-state index in [1.807, 2.05) is 0 Å². The second-order valence-electron chi connectivity index (χ2n) is 1.77. The summed E-state index contributed by atoms with van der Waals surface area (Å²) in [7, 11) is 0. The Morgan fingerprint density at radius 1 is 1.64 bits per heavy atom. The summed E-state index contributed by atoms with van der Waals surface area (Å²) in [6, 6.07) is 0. The first-order chi connectivity index (χ1) is 5.34. The molecule has 0 atom stereocenters. The fourth-order valence-corrected chi connectivity index (χ4v) is 0.566. The molecule has 0 amide bonds. The third-order valence-electron chi connectivity index (χ3n) is 1.05. The van der Waals surface area contributed by atoms with Crippen molar-refractivity contribution in [2.45, 2.75) is 0 Å². The maximum absolute atomic E-state index is 3.91. The van der Waals surface area contributed by atoms with Crippen molar-refractivity contribution in [3.05, 3.63) is 25.1 Å². The molecule has 1 aliphatic rings. The molecular formula is C7H8N4. The second kappa shape index (κ2) is 3.46. The van der Waals surface area contributed by atoms with Crippen molar-refractivity contribution in [1.29, 1.82) is 0 Å². The van der Waals surface area contributed by atoms with Crippen LogP contribution in [0.5, 0.6) is 0 Å². The molecule has 1 aliphatic heterocycles. The zero-order valence-corrected chi connectivity index (χ0v) is 5.99. The number of aliphatic imine (C=N–C) groups is 3. The standard InChI is InChI=1S/C7H8N4/c1-3-8-4-10-7-6(2)9-5-11-7/h3-5H,1-2H2,(H,8,9,10,11). The van der Waals surface area contributed by atoms with Crippen molar-refractivity contribution in [2.24, 2.45) is 15.0 Å². The van der Waals surface area contributed by atoms with Crippen LogP contribution in [0.4, 0.5) is 0 Å². The number of hydrogen-bond donors (Lipinski definition) is 1. The minimum Gasteiger partial charge on any atom is -0.329 e. The molecule has 0 aromatic carbocycles. The average molecular weight is 148 g/mol. The summed E-state index contributed by atoms with van der Waals surface area (Å²) in [6.07, 6.45) is 4.32. The molecule has 0 radical (unpaired) electrons. The van der Waals surface area contributed by atoms with Crippen LogP contribution < -0.4 is 5.32 Å². The predicted octanol–water partition coefficient (Wildman–Crippen LogP) is 0.702. The van der Waals surface area contributed by atoms with Crippen LogP contribution in [0.15, 0.2) is 40.0 Å². The Labute approximate surface area is 64.8 Å². The Balaban J connectivity index is 2.61. The van der Waals surface area contributed by atoms with E-state index in [9.17, 15) is 0 Å². The van der Waals surface area contributed by atoms with E-state index in [0.29, 0.717) is 11.5 Å². The van der Waals surface area contributed by atoms with Gasteiger partial charge < -0.3 is 5.32 Å². The number of rotatable bonds is 2. The molecular weight excluding hydrogens is 140 g/mol. The monoisotopic (exact) mass is 148 g/mol. The third kappa shape index (κ3) is 1.86. The zero-order valence-electron chi connectivity index (χ0n) is 5.99. The van der Waals surface area contributed by atoms with Gasteiger partial charge in [0, 0.05) is 6.20 Å². The van der Waals surface area contributed by atoms with E-state index in [-0.39, 0.29) is 0 Å². The van der Waals surface area contributed by atoms with Crippen LogP contribution in [-0.4, -0.2) is 18.5 Å². The molecule has 1 heterocycles. The van der Waals surface area contributed by atoms with Crippen LogP contribution in [0.25, 0.3) is 0 Å². The van der Waals surface area contributed by atoms with E-state index < -0.39 is 0 Å². The number of nitrogens with zero attached hydrogens (tertiary/aromatic N) is 3. The van der Waals surface area contributed by atoms with Crippen molar-refractivity contribution < 1.29 is 0 Å². The molecule has 0 fully saturated rings. The summed E-state index contributed by atoms with van der Waals surface area (Å²) in [5, 5.41) is 2.80. The molecule has 0 unspecified atom stereocenters. The lowest BCUT2D eigenvalue weighted by Crippen LogP contribution is -2.15. The van der Waals surface area contributed by atoms with Crippen LogP contribution in [0.2, 0.25) is 0 Å². The minimum atomic E-state index is 0.612. The molecule has 1 N–H and O–H groups in total. The average Bonchev–Trinajstić information content (AvgIpc) is 2.37. The first-order valence-electron chi connectivity index (χ1n) is 3.03. The molecule has 0 saturated heterocycles. The van der Waals surface area contributed by atoms with Gasteiger partial charge in [0.1, 0.15) is 12.0 Å². The van der Waals surface area contributed by atoms with Crippen LogP contribution in [-0.2, 0) is 0 Å². The second-order valence-corrected chi connectivity index (χ2v) is 1.77. The molecule has 56 valence electrons. The fourth-order valence-electron chi connectivity index (χ4n) is 0.566. The number of amidine groups is 1. The van der Waals surface area contributed by atoms with E-state index in [4.69, 9.17) is 0 Å². The Hall–Kier alpha value is -1.71. The first-order valence-corrected chi connectivity index (χ1v) is 3.03. The Morgan fingerprint density at radius 3 is 3.00 bits per heavy atom. The first kappa shape index (κ1) is 7.40. The van der Waals surface area contributed by atoms with Crippen LogP contribution >= 0.6 is 0 Å². The maximum atomic E-state index is 3.91. The van der Waals surface area contributed by atoms with Gasteiger partial charge in [-0.15, -0.1) is 0 Å². The zero-order chi connectivity index (χ0) is 8.10. The van der Waals surface area contributed by atoms with Crippen molar-refractivity contribution >= 4 is 18.5 Å². The molecule has 0 saturated carbocycles. The fraction of sp³-hybridized carbons (Fsp3) is 0. The van der Waals surface area contributed by atoms with Gasteiger partial charge in [0.2, 0.25) is 0 Å². The number of hydrogen-bond acceptors (Lipinski definition) is 2. The Bertz CT molecular complexity index is 260. The van der Waals surface area contributed by atoms with Crippen molar-refractivity contribution in [3.8, 4) is 0 Å². The Morgan fingerprint density at radius 2 is 2.45 bits per heavy atom. The van der Waals surface area contributed by atoms with E-state index >= 15 is 0 Å². The summed E-state index contributed by atoms with van der Waals surface area (Å²) in [4.78, 5) is 11.4. The van der Waals surface area contributed by atoms with E-state index in [0.717, 1.165) is 0 Å². The van der Waals surface area contributed by atoms with Gasteiger partial charge in [-0.3, -0.25) is 0 Å². The van der Waals surface area contributed by atoms with Gasteiger partial charge in [0.15, 0.2) is 5.84 Å². The summed E-state index contributed by atoms with van der Waals surface area (Å²) in [5.74, 6) is 0.621. The Kier molecular flexibility index (Phi) is 2.32. The molecule has 4 heteroatoms. The lowest BCUT2D eigenvalue weighted by Gasteiger charge is -1.91. The highest BCUT2D eigenvalue weighted by Gasteiger charge is 2.04.